The summed E-state index contributed by atoms with van der Waals surface area (Å²) in [6.45, 7) is 5.19. The van der Waals surface area contributed by atoms with Gasteiger partial charge in [-0.25, -0.2) is 0 Å². The van der Waals surface area contributed by atoms with Gasteiger partial charge in [-0.15, -0.1) is 0 Å². The van der Waals surface area contributed by atoms with Gasteiger partial charge in [0, 0.05) is 36.2 Å². The summed E-state index contributed by atoms with van der Waals surface area (Å²) in [6, 6.07) is 8.40. The maximum atomic E-state index is 6.01. The van der Waals surface area contributed by atoms with Gasteiger partial charge >= 0.3 is 0 Å². The van der Waals surface area contributed by atoms with Crippen LogP contribution in [0.4, 0.5) is 5.69 Å². The summed E-state index contributed by atoms with van der Waals surface area (Å²) < 4.78 is 0. The Kier molecular flexibility index (Phi) is 3.62. The quantitative estimate of drug-likeness (QED) is 0.850. The minimum atomic E-state index is -0.0684. The fourth-order valence-electron chi connectivity index (χ4n) is 2.26. The highest BCUT2D eigenvalue weighted by Crippen LogP contribution is 2.25. The van der Waals surface area contributed by atoms with Gasteiger partial charge < -0.3 is 15.6 Å². The number of H-pyrrole nitrogens is 1. The number of fused-ring (bicyclic) bond motifs is 1. The van der Waals surface area contributed by atoms with Crippen molar-refractivity contribution in [2.24, 2.45) is 5.73 Å². The lowest BCUT2D eigenvalue weighted by Crippen LogP contribution is -2.33. The first-order valence-electron chi connectivity index (χ1n) is 6.53. The van der Waals surface area contributed by atoms with Gasteiger partial charge in [-0.05, 0) is 32.8 Å². The number of anilines is 1. The number of aromatic nitrogens is 1. The largest absolute Gasteiger partial charge is 0.373 e. The van der Waals surface area contributed by atoms with Crippen molar-refractivity contribution in [3.63, 3.8) is 0 Å². The molecule has 0 saturated heterocycles. The Bertz CT molecular complexity index is 508. The first-order chi connectivity index (χ1) is 8.47. The number of nitrogens with one attached hydrogen (secondary N) is 1. The molecule has 2 rings (SSSR count). The summed E-state index contributed by atoms with van der Waals surface area (Å²) in [5, 5.41) is 1.28. The number of hydrogen-bond donors (Lipinski definition) is 2. The predicted molar refractivity (Wildman–Crippen MR) is 79.1 cm³/mol. The van der Waals surface area contributed by atoms with Gasteiger partial charge in [0.15, 0.2) is 0 Å². The molecule has 1 aromatic carbocycles. The fraction of sp³-hybridized carbons (Fsp3) is 0.467. The number of rotatable bonds is 5. The van der Waals surface area contributed by atoms with Crippen LogP contribution in [0.2, 0.25) is 0 Å². The Morgan fingerprint density at radius 2 is 2.00 bits per heavy atom. The second-order valence-electron chi connectivity index (χ2n) is 5.73. The van der Waals surface area contributed by atoms with Crippen molar-refractivity contribution in [2.45, 2.75) is 32.2 Å². The lowest BCUT2D eigenvalue weighted by Gasteiger charge is -2.22. The topological polar surface area (TPSA) is 45.0 Å². The van der Waals surface area contributed by atoms with Crippen molar-refractivity contribution < 1.29 is 0 Å². The predicted octanol–water partition coefficient (Wildman–Crippen LogP) is 3.12. The summed E-state index contributed by atoms with van der Waals surface area (Å²) in [6.07, 6.45) is 4.23. The van der Waals surface area contributed by atoms with Crippen LogP contribution >= 0.6 is 0 Å². The smallest absolute Gasteiger partial charge is 0.0621 e. The molecule has 0 aliphatic carbocycles. The average Bonchev–Trinajstić information content (AvgIpc) is 2.70. The number of para-hydroxylation sites is 1. The van der Waals surface area contributed by atoms with Crippen LogP contribution in [0.5, 0.6) is 0 Å². The molecule has 2 aromatic rings. The van der Waals surface area contributed by atoms with Gasteiger partial charge in [-0.1, -0.05) is 18.2 Å². The van der Waals surface area contributed by atoms with Crippen molar-refractivity contribution in [3.05, 3.63) is 30.5 Å². The lowest BCUT2D eigenvalue weighted by atomic mass is 10.00. The van der Waals surface area contributed by atoms with Crippen LogP contribution in [-0.2, 0) is 0 Å². The van der Waals surface area contributed by atoms with E-state index in [0.717, 1.165) is 19.4 Å². The molecule has 0 unspecified atom stereocenters. The van der Waals surface area contributed by atoms with Gasteiger partial charge in [0.05, 0.1) is 5.69 Å². The minimum absolute atomic E-state index is 0.0684. The second kappa shape index (κ2) is 5.02. The van der Waals surface area contributed by atoms with Gasteiger partial charge in [0.2, 0.25) is 0 Å². The molecule has 0 bridgehead atoms. The van der Waals surface area contributed by atoms with E-state index < -0.39 is 0 Å². The zero-order valence-electron chi connectivity index (χ0n) is 11.5. The molecule has 1 aromatic heterocycles. The van der Waals surface area contributed by atoms with E-state index in [2.05, 4.69) is 61.2 Å². The first kappa shape index (κ1) is 13.0. The van der Waals surface area contributed by atoms with E-state index in [1.165, 1.54) is 16.6 Å². The molecule has 0 aliphatic heterocycles. The molecule has 0 saturated carbocycles. The van der Waals surface area contributed by atoms with Gasteiger partial charge in [-0.3, -0.25) is 0 Å². The molecular weight excluding hydrogens is 222 g/mol. The molecule has 0 amide bonds. The fourth-order valence-corrected chi connectivity index (χ4v) is 2.26. The number of hydrogen-bond acceptors (Lipinski definition) is 2. The molecule has 18 heavy (non-hydrogen) atoms. The van der Waals surface area contributed by atoms with Crippen molar-refractivity contribution in [2.75, 3.05) is 18.5 Å². The molecule has 98 valence electrons. The summed E-state index contributed by atoms with van der Waals surface area (Å²) >= 11 is 0. The van der Waals surface area contributed by atoms with E-state index >= 15 is 0 Å². The van der Waals surface area contributed by atoms with Gasteiger partial charge in [0.25, 0.3) is 0 Å². The summed E-state index contributed by atoms with van der Waals surface area (Å²) in [5.41, 5.74) is 8.40. The Labute approximate surface area is 109 Å². The SMILES string of the molecule is CN(CCCC(C)(C)N)c1c[nH]c2ccccc12. The van der Waals surface area contributed by atoms with Crippen LogP contribution < -0.4 is 10.6 Å². The number of aromatic amines is 1. The molecular formula is C15H23N3. The van der Waals surface area contributed by atoms with E-state index in [1.54, 1.807) is 0 Å². The van der Waals surface area contributed by atoms with E-state index in [4.69, 9.17) is 5.73 Å². The van der Waals surface area contributed by atoms with E-state index in [1.807, 2.05) is 0 Å². The molecule has 0 radical (unpaired) electrons. The second-order valence-corrected chi connectivity index (χ2v) is 5.73. The van der Waals surface area contributed by atoms with Crippen LogP contribution in [0.1, 0.15) is 26.7 Å². The van der Waals surface area contributed by atoms with Crippen LogP contribution in [0.15, 0.2) is 30.5 Å². The number of nitrogens with two attached hydrogens (primary N) is 1. The lowest BCUT2D eigenvalue weighted by molar-refractivity contribution is 0.460. The average molecular weight is 245 g/mol. The van der Waals surface area contributed by atoms with Crippen molar-refractivity contribution in [1.29, 1.82) is 0 Å². The Balaban J connectivity index is 2.03. The zero-order valence-corrected chi connectivity index (χ0v) is 11.5. The third kappa shape index (κ3) is 3.05. The van der Waals surface area contributed by atoms with Crippen LogP contribution in [0.3, 0.4) is 0 Å². The molecule has 1 heterocycles. The van der Waals surface area contributed by atoms with Gasteiger partial charge in [0.1, 0.15) is 0 Å². The van der Waals surface area contributed by atoms with Gasteiger partial charge in [-0.2, -0.15) is 0 Å². The Hall–Kier alpha value is -1.48. The molecule has 0 aliphatic rings. The van der Waals surface area contributed by atoms with E-state index in [9.17, 15) is 0 Å². The highest BCUT2D eigenvalue weighted by molar-refractivity contribution is 5.92. The molecule has 0 atom stereocenters. The highest BCUT2D eigenvalue weighted by atomic mass is 15.1. The summed E-state index contributed by atoms with van der Waals surface area (Å²) in [5.74, 6) is 0. The molecule has 3 heteroatoms. The third-order valence-electron chi connectivity index (χ3n) is 3.29. The van der Waals surface area contributed by atoms with E-state index in [-0.39, 0.29) is 5.54 Å². The van der Waals surface area contributed by atoms with Crippen molar-refractivity contribution in [1.82, 2.24) is 4.98 Å². The molecule has 3 nitrogen and oxygen atoms in total. The Morgan fingerprint density at radius 1 is 1.28 bits per heavy atom. The normalized spacial score (nSPS) is 12.0. The molecule has 3 N–H and O–H groups in total. The highest BCUT2D eigenvalue weighted by Gasteiger charge is 2.12. The van der Waals surface area contributed by atoms with Crippen LogP contribution in [0, 0.1) is 0 Å². The van der Waals surface area contributed by atoms with E-state index in [0.29, 0.717) is 0 Å². The third-order valence-corrected chi connectivity index (χ3v) is 3.29. The number of nitrogens with zero attached hydrogens (tertiary/aromatic N) is 1. The maximum absolute atomic E-state index is 6.01. The van der Waals surface area contributed by atoms with Crippen molar-refractivity contribution in [3.8, 4) is 0 Å². The first-order valence-corrected chi connectivity index (χ1v) is 6.53. The summed E-state index contributed by atoms with van der Waals surface area (Å²) in [4.78, 5) is 5.61. The minimum Gasteiger partial charge on any atom is -0.373 e. The standard InChI is InChI=1S/C15H23N3/c1-15(2,16)9-6-10-18(3)14-11-17-13-8-5-4-7-12(13)14/h4-5,7-8,11,17H,6,9-10,16H2,1-3H3. The molecule has 0 spiro atoms. The van der Waals surface area contributed by atoms with Crippen LogP contribution in [-0.4, -0.2) is 24.1 Å². The van der Waals surface area contributed by atoms with Crippen molar-refractivity contribution >= 4 is 16.6 Å². The zero-order chi connectivity index (χ0) is 13.2. The monoisotopic (exact) mass is 245 g/mol. The van der Waals surface area contributed by atoms with Crippen LogP contribution in [0.25, 0.3) is 10.9 Å². The number of benzene rings is 1. The Morgan fingerprint density at radius 3 is 2.72 bits per heavy atom. The molecule has 0 fully saturated rings. The maximum Gasteiger partial charge on any atom is 0.0621 e. The summed E-state index contributed by atoms with van der Waals surface area (Å²) in [7, 11) is 2.14.